The van der Waals surface area contributed by atoms with Gasteiger partial charge in [0.2, 0.25) is 5.91 Å². The average Bonchev–Trinajstić information content (AvgIpc) is 2.44. The van der Waals surface area contributed by atoms with E-state index in [1.165, 1.54) is 0 Å². The van der Waals surface area contributed by atoms with Gasteiger partial charge in [-0.25, -0.2) is 0 Å². The summed E-state index contributed by atoms with van der Waals surface area (Å²) in [4.78, 5) is 12.3. The first kappa shape index (κ1) is 16.8. The van der Waals surface area contributed by atoms with Gasteiger partial charge in [0, 0.05) is 30.6 Å². The first-order valence-corrected chi connectivity index (χ1v) is 8.37. The number of ether oxygens (including phenoxy) is 2. The van der Waals surface area contributed by atoms with Crippen LogP contribution in [0.2, 0.25) is 0 Å². The maximum absolute atomic E-state index is 12.3. The fourth-order valence-electron chi connectivity index (χ4n) is 3.64. The summed E-state index contributed by atoms with van der Waals surface area (Å²) >= 11 is 0. The molecule has 2 rings (SSSR count). The zero-order chi connectivity index (χ0) is 15.6. The average molecular weight is 297 g/mol. The van der Waals surface area contributed by atoms with Crippen LogP contribution in [0.5, 0.6) is 0 Å². The Bertz CT molecular complexity index is 367. The molecule has 4 atom stereocenters. The van der Waals surface area contributed by atoms with E-state index in [9.17, 15) is 4.79 Å². The third-order valence-electron chi connectivity index (χ3n) is 5.06. The molecule has 0 aromatic heterocycles. The van der Waals surface area contributed by atoms with E-state index in [4.69, 9.17) is 9.47 Å². The van der Waals surface area contributed by atoms with Crippen molar-refractivity contribution in [2.45, 2.75) is 72.1 Å². The lowest BCUT2D eigenvalue weighted by molar-refractivity contribution is -0.195. The maximum Gasteiger partial charge on any atom is 0.249 e. The Balaban J connectivity index is 1.81. The van der Waals surface area contributed by atoms with E-state index < -0.39 is 0 Å². The molecule has 4 nitrogen and oxygen atoms in total. The van der Waals surface area contributed by atoms with E-state index in [-0.39, 0.29) is 23.5 Å². The number of hydrogen-bond acceptors (Lipinski definition) is 3. The second-order valence-electron chi connectivity index (χ2n) is 7.60. The summed E-state index contributed by atoms with van der Waals surface area (Å²) in [6.45, 7) is 12.1. The van der Waals surface area contributed by atoms with Crippen molar-refractivity contribution in [3.63, 3.8) is 0 Å². The summed E-state index contributed by atoms with van der Waals surface area (Å²) in [7, 11) is 0. The van der Waals surface area contributed by atoms with Gasteiger partial charge in [0.1, 0.15) is 6.10 Å². The van der Waals surface area contributed by atoms with Crippen LogP contribution >= 0.6 is 0 Å². The van der Waals surface area contributed by atoms with E-state index in [2.05, 4.69) is 33.0 Å². The minimum absolute atomic E-state index is 0.0147. The van der Waals surface area contributed by atoms with E-state index in [0.29, 0.717) is 24.5 Å². The van der Waals surface area contributed by atoms with Crippen molar-refractivity contribution in [1.29, 1.82) is 0 Å². The molecule has 0 bridgehead atoms. The van der Waals surface area contributed by atoms with E-state index in [1.54, 1.807) is 0 Å². The molecule has 0 aromatic rings. The van der Waals surface area contributed by atoms with Crippen LogP contribution in [0, 0.1) is 17.3 Å². The first-order chi connectivity index (χ1) is 9.84. The molecule has 1 aliphatic heterocycles. The van der Waals surface area contributed by atoms with Crippen LogP contribution in [0.25, 0.3) is 0 Å². The fraction of sp³-hybridized carbons (Fsp3) is 0.941. The van der Waals surface area contributed by atoms with Crippen LogP contribution in [0.4, 0.5) is 0 Å². The summed E-state index contributed by atoms with van der Waals surface area (Å²) in [6.07, 6.45) is 3.17. The van der Waals surface area contributed by atoms with Gasteiger partial charge in [0.25, 0.3) is 0 Å². The van der Waals surface area contributed by atoms with Crippen LogP contribution in [-0.4, -0.2) is 37.4 Å². The predicted molar refractivity (Wildman–Crippen MR) is 83.0 cm³/mol. The molecule has 0 radical (unpaired) electrons. The van der Waals surface area contributed by atoms with Crippen LogP contribution < -0.4 is 5.32 Å². The second-order valence-corrected chi connectivity index (χ2v) is 7.60. The molecule has 1 saturated heterocycles. The Morgan fingerprint density at radius 1 is 1.38 bits per heavy atom. The zero-order valence-corrected chi connectivity index (χ0v) is 14.1. The molecule has 21 heavy (non-hydrogen) atoms. The Kier molecular flexibility index (Phi) is 5.31. The molecule has 122 valence electrons. The topological polar surface area (TPSA) is 47.6 Å². The van der Waals surface area contributed by atoms with Gasteiger partial charge in [-0.1, -0.05) is 27.7 Å². The Morgan fingerprint density at radius 3 is 2.76 bits per heavy atom. The molecule has 1 amide bonds. The minimum atomic E-state index is -0.372. The normalized spacial score (nSPS) is 32.2. The summed E-state index contributed by atoms with van der Waals surface area (Å²) in [5.74, 6) is 1.09. The van der Waals surface area contributed by atoms with E-state index in [1.807, 2.05) is 6.92 Å². The van der Waals surface area contributed by atoms with E-state index in [0.717, 1.165) is 25.9 Å². The van der Waals surface area contributed by atoms with Gasteiger partial charge in [-0.3, -0.25) is 4.79 Å². The van der Waals surface area contributed by atoms with Crippen molar-refractivity contribution in [3.8, 4) is 0 Å². The smallest absolute Gasteiger partial charge is 0.249 e. The number of hydrogen-bond donors (Lipinski definition) is 1. The third kappa shape index (κ3) is 3.59. The third-order valence-corrected chi connectivity index (χ3v) is 5.06. The standard InChI is InChI=1S/C17H31NO3/c1-11(2)8-10-20-12(3)16(19)18-14-13-7-6-9-21-15(13)17(14,4)5/h11-15H,6-10H2,1-5H3,(H,18,19)/t12-,13-,14-,15-/m1/s1. The second kappa shape index (κ2) is 6.66. The highest BCUT2D eigenvalue weighted by Gasteiger charge is 2.58. The number of amides is 1. The van der Waals surface area contributed by atoms with Gasteiger partial charge < -0.3 is 14.8 Å². The Morgan fingerprint density at radius 2 is 2.10 bits per heavy atom. The highest BCUT2D eigenvalue weighted by Crippen LogP contribution is 2.51. The predicted octanol–water partition coefficient (Wildman–Crippen LogP) is 2.76. The van der Waals surface area contributed by atoms with Crippen molar-refractivity contribution < 1.29 is 14.3 Å². The lowest BCUT2D eigenvalue weighted by Crippen LogP contribution is -2.70. The first-order valence-electron chi connectivity index (χ1n) is 8.37. The number of carbonyl (C=O) groups is 1. The molecule has 0 unspecified atom stereocenters. The molecule has 0 spiro atoms. The SMILES string of the molecule is CC(C)CCO[C@H](C)C(=O)N[C@@H]1[C@H]2CCCO[C@H]2C1(C)C. The minimum Gasteiger partial charge on any atom is -0.377 e. The van der Waals surface area contributed by atoms with Crippen molar-refractivity contribution >= 4 is 5.91 Å². The molecule has 2 fully saturated rings. The van der Waals surface area contributed by atoms with Crippen LogP contribution in [0.15, 0.2) is 0 Å². The number of nitrogens with one attached hydrogen (secondary N) is 1. The van der Waals surface area contributed by atoms with Crippen LogP contribution in [0.3, 0.4) is 0 Å². The molecule has 4 heteroatoms. The lowest BCUT2D eigenvalue weighted by Gasteiger charge is -2.60. The monoisotopic (exact) mass is 297 g/mol. The van der Waals surface area contributed by atoms with Crippen molar-refractivity contribution in [2.75, 3.05) is 13.2 Å². The molecule has 1 N–H and O–H groups in total. The molecule has 1 saturated carbocycles. The molecule has 1 aliphatic carbocycles. The van der Waals surface area contributed by atoms with Crippen LogP contribution in [0.1, 0.15) is 53.9 Å². The van der Waals surface area contributed by atoms with Crippen LogP contribution in [-0.2, 0) is 14.3 Å². The zero-order valence-electron chi connectivity index (χ0n) is 14.1. The lowest BCUT2D eigenvalue weighted by atomic mass is 9.55. The van der Waals surface area contributed by atoms with Crippen molar-refractivity contribution in [2.24, 2.45) is 17.3 Å². The largest absolute Gasteiger partial charge is 0.377 e. The Labute approximate surface area is 129 Å². The molecule has 0 aromatic carbocycles. The summed E-state index contributed by atoms with van der Waals surface area (Å²) in [5.41, 5.74) is 0.0262. The van der Waals surface area contributed by atoms with Crippen molar-refractivity contribution in [3.05, 3.63) is 0 Å². The van der Waals surface area contributed by atoms with Crippen molar-refractivity contribution in [1.82, 2.24) is 5.32 Å². The van der Waals surface area contributed by atoms with Gasteiger partial charge in [-0.05, 0) is 32.1 Å². The van der Waals surface area contributed by atoms with Gasteiger partial charge in [-0.2, -0.15) is 0 Å². The summed E-state index contributed by atoms with van der Waals surface area (Å²) in [5, 5.41) is 3.20. The summed E-state index contributed by atoms with van der Waals surface area (Å²) in [6, 6.07) is 0.214. The molecule has 2 aliphatic rings. The van der Waals surface area contributed by atoms with Gasteiger partial charge >= 0.3 is 0 Å². The number of fused-ring (bicyclic) bond motifs is 1. The summed E-state index contributed by atoms with van der Waals surface area (Å²) < 4.78 is 11.5. The highest BCUT2D eigenvalue weighted by atomic mass is 16.5. The quantitative estimate of drug-likeness (QED) is 0.820. The molecular weight excluding hydrogens is 266 g/mol. The van der Waals surface area contributed by atoms with Gasteiger partial charge in [-0.15, -0.1) is 0 Å². The highest BCUT2D eigenvalue weighted by molar-refractivity contribution is 5.81. The van der Waals surface area contributed by atoms with E-state index >= 15 is 0 Å². The number of carbonyl (C=O) groups excluding carboxylic acids is 1. The fourth-order valence-corrected chi connectivity index (χ4v) is 3.64. The van der Waals surface area contributed by atoms with Gasteiger partial charge in [0.05, 0.1) is 6.10 Å². The Hall–Kier alpha value is -0.610. The molecule has 1 heterocycles. The maximum atomic E-state index is 12.3. The van der Waals surface area contributed by atoms with Gasteiger partial charge in [0.15, 0.2) is 0 Å². The molecular formula is C17H31NO3. The number of rotatable bonds is 6.